The minimum Gasteiger partial charge on any atom is -0.383 e. The third kappa shape index (κ3) is 3.25. The molecule has 0 radical (unpaired) electrons. The van der Waals surface area contributed by atoms with Crippen LogP contribution >= 0.6 is 0 Å². The predicted octanol–water partition coefficient (Wildman–Crippen LogP) is 0.596. The van der Waals surface area contributed by atoms with E-state index in [0.717, 1.165) is 18.4 Å². The maximum Gasteiger partial charge on any atom is 0.0654 e. The number of hydrogen-bond donors (Lipinski definition) is 2. The van der Waals surface area contributed by atoms with Crippen molar-refractivity contribution < 1.29 is 4.74 Å². The second-order valence-corrected chi connectivity index (χ2v) is 4.55. The van der Waals surface area contributed by atoms with Crippen LogP contribution in [0.15, 0.2) is 0 Å². The SMILES string of the molecule is COCC(C)(CN)NCC1CC1C. The van der Waals surface area contributed by atoms with Crippen LogP contribution in [-0.2, 0) is 4.74 Å². The van der Waals surface area contributed by atoms with Gasteiger partial charge in [0.1, 0.15) is 0 Å². The molecule has 0 aromatic heterocycles. The molecule has 0 amide bonds. The van der Waals surface area contributed by atoms with E-state index in [1.54, 1.807) is 7.11 Å². The number of nitrogens with two attached hydrogens (primary N) is 1. The van der Waals surface area contributed by atoms with Gasteiger partial charge in [-0.25, -0.2) is 0 Å². The van der Waals surface area contributed by atoms with Gasteiger partial charge in [-0.1, -0.05) is 6.92 Å². The Bertz CT molecular complexity index is 163. The van der Waals surface area contributed by atoms with Gasteiger partial charge in [0.15, 0.2) is 0 Å². The minimum atomic E-state index is -0.0446. The largest absolute Gasteiger partial charge is 0.383 e. The van der Waals surface area contributed by atoms with Gasteiger partial charge in [0.25, 0.3) is 0 Å². The summed E-state index contributed by atoms with van der Waals surface area (Å²) in [4.78, 5) is 0. The summed E-state index contributed by atoms with van der Waals surface area (Å²) < 4.78 is 5.13. The fourth-order valence-electron chi connectivity index (χ4n) is 1.56. The summed E-state index contributed by atoms with van der Waals surface area (Å²) in [5, 5.41) is 3.49. The molecule has 13 heavy (non-hydrogen) atoms. The lowest BCUT2D eigenvalue weighted by Crippen LogP contribution is -2.52. The van der Waals surface area contributed by atoms with Gasteiger partial charge < -0.3 is 15.8 Å². The highest BCUT2D eigenvalue weighted by molar-refractivity contribution is 4.90. The van der Waals surface area contributed by atoms with E-state index in [4.69, 9.17) is 10.5 Å². The first-order chi connectivity index (χ1) is 6.11. The first-order valence-corrected chi connectivity index (χ1v) is 5.05. The van der Waals surface area contributed by atoms with Gasteiger partial charge >= 0.3 is 0 Å². The third-order valence-electron chi connectivity index (χ3n) is 2.98. The van der Waals surface area contributed by atoms with Crippen molar-refractivity contribution in [2.45, 2.75) is 25.8 Å². The van der Waals surface area contributed by atoms with Gasteiger partial charge in [-0.2, -0.15) is 0 Å². The molecular formula is C10H22N2O. The monoisotopic (exact) mass is 186 g/mol. The average molecular weight is 186 g/mol. The van der Waals surface area contributed by atoms with Crippen molar-refractivity contribution in [1.82, 2.24) is 5.32 Å². The molecule has 3 atom stereocenters. The molecule has 0 aromatic rings. The van der Waals surface area contributed by atoms with Crippen molar-refractivity contribution in [3.05, 3.63) is 0 Å². The molecule has 0 bridgehead atoms. The van der Waals surface area contributed by atoms with E-state index in [9.17, 15) is 0 Å². The fourth-order valence-corrected chi connectivity index (χ4v) is 1.56. The molecule has 1 fully saturated rings. The highest BCUT2D eigenvalue weighted by Gasteiger charge is 2.34. The summed E-state index contributed by atoms with van der Waals surface area (Å²) in [6.07, 6.45) is 1.36. The van der Waals surface area contributed by atoms with Crippen molar-refractivity contribution in [3.8, 4) is 0 Å². The topological polar surface area (TPSA) is 47.3 Å². The van der Waals surface area contributed by atoms with Crippen LogP contribution in [0.5, 0.6) is 0 Å². The van der Waals surface area contributed by atoms with Crippen LogP contribution in [0.2, 0.25) is 0 Å². The molecule has 3 nitrogen and oxygen atoms in total. The molecular weight excluding hydrogens is 164 g/mol. The van der Waals surface area contributed by atoms with Crippen molar-refractivity contribution in [3.63, 3.8) is 0 Å². The summed E-state index contributed by atoms with van der Waals surface area (Å²) in [5.74, 6) is 1.76. The van der Waals surface area contributed by atoms with Crippen LogP contribution in [-0.4, -0.2) is 32.3 Å². The third-order valence-corrected chi connectivity index (χ3v) is 2.98. The molecule has 0 heterocycles. The molecule has 1 aliphatic rings. The maximum absolute atomic E-state index is 5.69. The molecule has 0 spiro atoms. The van der Waals surface area contributed by atoms with Crippen LogP contribution in [0.25, 0.3) is 0 Å². The quantitative estimate of drug-likeness (QED) is 0.638. The zero-order valence-corrected chi connectivity index (χ0v) is 8.97. The Labute approximate surface area is 81.0 Å². The maximum atomic E-state index is 5.69. The van der Waals surface area contributed by atoms with Crippen LogP contribution in [0, 0.1) is 11.8 Å². The Balaban J connectivity index is 2.22. The number of hydrogen-bond acceptors (Lipinski definition) is 3. The van der Waals surface area contributed by atoms with E-state index in [0.29, 0.717) is 13.2 Å². The van der Waals surface area contributed by atoms with Gasteiger partial charge in [-0.15, -0.1) is 0 Å². The highest BCUT2D eigenvalue weighted by Crippen LogP contribution is 2.37. The lowest BCUT2D eigenvalue weighted by atomic mass is 10.0. The summed E-state index contributed by atoms with van der Waals surface area (Å²) in [6, 6.07) is 0. The second-order valence-electron chi connectivity index (χ2n) is 4.55. The molecule has 3 N–H and O–H groups in total. The highest BCUT2D eigenvalue weighted by atomic mass is 16.5. The Kier molecular flexibility index (Phi) is 3.71. The van der Waals surface area contributed by atoms with Crippen LogP contribution in [0.1, 0.15) is 20.3 Å². The van der Waals surface area contributed by atoms with Crippen molar-refractivity contribution in [1.29, 1.82) is 0 Å². The normalized spacial score (nSPS) is 31.4. The second kappa shape index (κ2) is 4.40. The standard InChI is InChI=1S/C10H22N2O/c1-8-4-9(8)5-12-10(2,6-11)7-13-3/h8-9,12H,4-7,11H2,1-3H3. The summed E-state index contributed by atoms with van der Waals surface area (Å²) in [6.45, 7) is 6.80. The molecule has 3 unspecified atom stereocenters. The average Bonchev–Trinajstić information content (AvgIpc) is 2.80. The van der Waals surface area contributed by atoms with Crippen molar-refractivity contribution in [2.24, 2.45) is 17.6 Å². The number of ether oxygens (including phenoxy) is 1. The Hall–Kier alpha value is -0.120. The summed E-state index contributed by atoms with van der Waals surface area (Å²) in [5.41, 5.74) is 5.65. The first kappa shape index (κ1) is 11.0. The number of methoxy groups -OCH3 is 1. The molecule has 0 aliphatic heterocycles. The van der Waals surface area contributed by atoms with Gasteiger partial charge in [0.2, 0.25) is 0 Å². The minimum absolute atomic E-state index is 0.0446. The van der Waals surface area contributed by atoms with Gasteiger partial charge in [-0.3, -0.25) is 0 Å². The van der Waals surface area contributed by atoms with Gasteiger partial charge in [-0.05, 0) is 31.7 Å². The zero-order valence-electron chi connectivity index (χ0n) is 8.97. The summed E-state index contributed by atoms with van der Waals surface area (Å²) >= 11 is 0. The number of rotatable bonds is 6. The molecule has 1 saturated carbocycles. The lowest BCUT2D eigenvalue weighted by molar-refractivity contribution is 0.122. The van der Waals surface area contributed by atoms with Crippen molar-refractivity contribution in [2.75, 3.05) is 26.8 Å². The molecule has 3 heteroatoms. The van der Waals surface area contributed by atoms with Gasteiger partial charge in [0, 0.05) is 13.7 Å². The Morgan fingerprint density at radius 2 is 2.23 bits per heavy atom. The molecule has 1 rings (SSSR count). The molecule has 0 saturated heterocycles. The number of nitrogens with one attached hydrogen (secondary N) is 1. The van der Waals surface area contributed by atoms with Crippen LogP contribution in [0.4, 0.5) is 0 Å². The van der Waals surface area contributed by atoms with E-state index in [1.165, 1.54) is 6.42 Å². The van der Waals surface area contributed by atoms with E-state index in [1.807, 2.05) is 0 Å². The Morgan fingerprint density at radius 3 is 2.62 bits per heavy atom. The predicted molar refractivity (Wildman–Crippen MR) is 54.6 cm³/mol. The fraction of sp³-hybridized carbons (Fsp3) is 1.00. The summed E-state index contributed by atoms with van der Waals surface area (Å²) in [7, 11) is 1.72. The van der Waals surface area contributed by atoms with Gasteiger partial charge in [0.05, 0.1) is 12.1 Å². The van der Waals surface area contributed by atoms with E-state index < -0.39 is 0 Å². The first-order valence-electron chi connectivity index (χ1n) is 5.05. The zero-order chi connectivity index (χ0) is 9.90. The Morgan fingerprint density at radius 1 is 1.62 bits per heavy atom. The molecule has 0 aromatic carbocycles. The lowest BCUT2D eigenvalue weighted by Gasteiger charge is -2.28. The molecule has 78 valence electrons. The smallest absolute Gasteiger partial charge is 0.0654 e. The van der Waals surface area contributed by atoms with E-state index >= 15 is 0 Å². The van der Waals surface area contributed by atoms with Crippen LogP contribution < -0.4 is 11.1 Å². The van der Waals surface area contributed by atoms with E-state index in [-0.39, 0.29) is 5.54 Å². The van der Waals surface area contributed by atoms with Crippen molar-refractivity contribution >= 4 is 0 Å². The molecule has 1 aliphatic carbocycles. The van der Waals surface area contributed by atoms with E-state index in [2.05, 4.69) is 19.2 Å². The van der Waals surface area contributed by atoms with Crippen LogP contribution in [0.3, 0.4) is 0 Å².